The second-order valence-corrected chi connectivity index (χ2v) is 7.32. The zero-order valence-corrected chi connectivity index (χ0v) is 14.9. The Balaban J connectivity index is 2.04. The van der Waals surface area contributed by atoms with Crippen molar-refractivity contribution in [1.29, 1.82) is 0 Å². The normalized spacial score (nSPS) is 11.4. The summed E-state index contributed by atoms with van der Waals surface area (Å²) in [5.41, 5.74) is 2.05. The van der Waals surface area contributed by atoms with E-state index < -0.39 is 10.0 Å². The summed E-state index contributed by atoms with van der Waals surface area (Å²) in [4.78, 5) is 2.45. The SMILES string of the molecule is CCN(CC)c1ccc(CNS(=O)(=O)c2ccc(Cl)cc2)cc1. The van der Waals surface area contributed by atoms with Crippen LogP contribution < -0.4 is 9.62 Å². The van der Waals surface area contributed by atoms with Gasteiger partial charge in [-0.1, -0.05) is 23.7 Å². The van der Waals surface area contributed by atoms with E-state index in [1.54, 1.807) is 12.1 Å². The van der Waals surface area contributed by atoms with Gasteiger partial charge >= 0.3 is 0 Å². The standard InChI is InChI=1S/C17H21ClN2O2S/c1-3-20(4-2)16-9-5-14(6-10-16)13-19-23(21,22)17-11-7-15(18)8-12-17/h5-12,19H,3-4,13H2,1-2H3. The van der Waals surface area contributed by atoms with Crippen LogP contribution in [0.25, 0.3) is 0 Å². The van der Waals surface area contributed by atoms with Crippen LogP contribution in [0.4, 0.5) is 5.69 Å². The molecule has 23 heavy (non-hydrogen) atoms. The van der Waals surface area contributed by atoms with Gasteiger partial charge in [0, 0.05) is 30.3 Å². The minimum absolute atomic E-state index is 0.210. The monoisotopic (exact) mass is 352 g/mol. The molecule has 0 saturated carbocycles. The van der Waals surface area contributed by atoms with Gasteiger partial charge in [-0.3, -0.25) is 0 Å². The Morgan fingerprint density at radius 3 is 2.04 bits per heavy atom. The van der Waals surface area contributed by atoms with Crippen molar-refractivity contribution >= 4 is 27.3 Å². The van der Waals surface area contributed by atoms with E-state index in [2.05, 4.69) is 23.5 Å². The van der Waals surface area contributed by atoms with E-state index in [9.17, 15) is 8.42 Å². The molecule has 0 amide bonds. The van der Waals surface area contributed by atoms with Crippen LogP contribution in [0.3, 0.4) is 0 Å². The van der Waals surface area contributed by atoms with Gasteiger partial charge in [-0.05, 0) is 55.8 Å². The van der Waals surface area contributed by atoms with Crippen LogP contribution in [0.5, 0.6) is 0 Å². The molecule has 2 aromatic carbocycles. The number of hydrogen-bond acceptors (Lipinski definition) is 3. The summed E-state index contributed by atoms with van der Waals surface area (Å²) in [6.45, 7) is 6.36. The number of halogens is 1. The Labute approximate surface area is 143 Å². The summed E-state index contributed by atoms with van der Waals surface area (Å²) < 4.78 is 27.0. The molecule has 0 fully saturated rings. The van der Waals surface area contributed by atoms with Crippen molar-refractivity contribution in [3.63, 3.8) is 0 Å². The van der Waals surface area contributed by atoms with E-state index in [0.29, 0.717) is 5.02 Å². The molecule has 124 valence electrons. The molecule has 0 aliphatic rings. The Kier molecular flexibility index (Phi) is 6.04. The third kappa shape index (κ3) is 4.70. The number of anilines is 1. The summed E-state index contributed by atoms with van der Waals surface area (Å²) in [5.74, 6) is 0. The van der Waals surface area contributed by atoms with Crippen molar-refractivity contribution < 1.29 is 8.42 Å². The van der Waals surface area contributed by atoms with Gasteiger partial charge in [0.25, 0.3) is 0 Å². The molecule has 0 saturated heterocycles. The van der Waals surface area contributed by atoms with Gasteiger partial charge < -0.3 is 4.90 Å². The average molecular weight is 353 g/mol. The van der Waals surface area contributed by atoms with Gasteiger partial charge in [0.1, 0.15) is 0 Å². The smallest absolute Gasteiger partial charge is 0.240 e. The lowest BCUT2D eigenvalue weighted by atomic mass is 10.2. The van der Waals surface area contributed by atoms with Crippen LogP contribution in [-0.2, 0) is 16.6 Å². The van der Waals surface area contributed by atoms with Crippen LogP contribution in [-0.4, -0.2) is 21.5 Å². The summed E-state index contributed by atoms with van der Waals surface area (Å²) in [6, 6.07) is 14.0. The molecule has 0 aliphatic carbocycles. The third-order valence-electron chi connectivity index (χ3n) is 3.66. The van der Waals surface area contributed by atoms with Gasteiger partial charge in [0.15, 0.2) is 0 Å². The number of sulfonamides is 1. The van der Waals surface area contributed by atoms with Gasteiger partial charge in [-0.25, -0.2) is 13.1 Å². The minimum Gasteiger partial charge on any atom is -0.372 e. The first-order valence-corrected chi connectivity index (χ1v) is 9.41. The fourth-order valence-corrected chi connectivity index (χ4v) is 3.43. The van der Waals surface area contributed by atoms with Gasteiger partial charge in [-0.15, -0.1) is 0 Å². The highest BCUT2D eigenvalue weighted by Crippen LogP contribution is 2.16. The quantitative estimate of drug-likeness (QED) is 0.827. The number of rotatable bonds is 7. The van der Waals surface area contributed by atoms with E-state index in [-0.39, 0.29) is 11.4 Å². The lowest BCUT2D eigenvalue weighted by Crippen LogP contribution is -2.23. The van der Waals surface area contributed by atoms with E-state index >= 15 is 0 Å². The minimum atomic E-state index is -3.53. The topological polar surface area (TPSA) is 49.4 Å². The molecule has 0 aromatic heterocycles. The van der Waals surface area contributed by atoms with Crippen molar-refractivity contribution in [2.45, 2.75) is 25.3 Å². The molecule has 2 aromatic rings. The average Bonchev–Trinajstić information content (AvgIpc) is 2.56. The van der Waals surface area contributed by atoms with Crippen molar-refractivity contribution in [2.75, 3.05) is 18.0 Å². The highest BCUT2D eigenvalue weighted by molar-refractivity contribution is 7.89. The summed E-state index contributed by atoms with van der Waals surface area (Å²) >= 11 is 5.78. The summed E-state index contributed by atoms with van der Waals surface area (Å²) in [5, 5.41) is 0.510. The van der Waals surface area contributed by atoms with Crippen molar-refractivity contribution in [3.05, 3.63) is 59.1 Å². The highest BCUT2D eigenvalue weighted by Gasteiger charge is 2.13. The molecule has 0 spiro atoms. The first-order chi connectivity index (χ1) is 11.0. The van der Waals surface area contributed by atoms with Crippen LogP contribution in [0.2, 0.25) is 5.02 Å². The van der Waals surface area contributed by atoms with Crippen LogP contribution >= 0.6 is 11.6 Å². The number of hydrogen-bond donors (Lipinski definition) is 1. The van der Waals surface area contributed by atoms with E-state index in [1.807, 2.05) is 24.3 Å². The maximum absolute atomic E-state index is 12.2. The fraction of sp³-hybridized carbons (Fsp3) is 0.294. The second kappa shape index (κ2) is 7.81. The predicted octanol–water partition coefficient (Wildman–Crippen LogP) is 3.66. The fourth-order valence-electron chi connectivity index (χ4n) is 2.29. The van der Waals surface area contributed by atoms with Crippen molar-refractivity contribution in [2.24, 2.45) is 0 Å². The molecule has 0 bridgehead atoms. The number of nitrogens with zero attached hydrogens (tertiary/aromatic N) is 1. The first-order valence-electron chi connectivity index (χ1n) is 7.55. The van der Waals surface area contributed by atoms with Gasteiger partial charge in [0.05, 0.1) is 4.90 Å². The molecule has 2 rings (SSSR count). The van der Waals surface area contributed by atoms with E-state index in [1.165, 1.54) is 12.1 Å². The summed E-state index contributed by atoms with van der Waals surface area (Å²) in [6.07, 6.45) is 0. The Morgan fingerprint density at radius 2 is 1.52 bits per heavy atom. The molecule has 1 N–H and O–H groups in total. The zero-order chi connectivity index (χ0) is 16.9. The Bertz CT molecular complexity index is 724. The van der Waals surface area contributed by atoms with Gasteiger partial charge in [0.2, 0.25) is 10.0 Å². The van der Waals surface area contributed by atoms with E-state index in [0.717, 1.165) is 24.3 Å². The molecule has 0 unspecified atom stereocenters. The van der Waals surface area contributed by atoms with Crippen molar-refractivity contribution in [3.8, 4) is 0 Å². The van der Waals surface area contributed by atoms with Crippen LogP contribution in [0.1, 0.15) is 19.4 Å². The van der Waals surface area contributed by atoms with E-state index in [4.69, 9.17) is 11.6 Å². The second-order valence-electron chi connectivity index (χ2n) is 5.12. The molecule has 6 heteroatoms. The largest absolute Gasteiger partial charge is 0.372 e. The van der Waals surface area contributed by atoms with Crippen molar-refractivity contribution in [1.82, 2.24) is 4.72 Å². The number of nitrogens with one attached hydrogen (secondary N) is 1. The number of benzene rings is 2. The lowest BCUT2D eigenvalue weighted by Gasteiger charge is -2.21. The maximum atomic E-state index is 12.2. The maximum Gasteiger partial charge on any atom is 0.240 e. The summed E-state index contributed by atoms with van der Waals surface area (Å²) in [7, 11) is -3.53. The Hall–Kier alpha value is -1.56. The lowest BCUT2D eigenvalue weighted by molar-refractivity contribution is 0.581. The predicted molar refractivity (Wildman–Crippen MR) is 95.5 cm³/mol. The molecule has 0 radical (unpaired) electrons. The Morgan fingerprint density at radius 1 is 0.957 bits per heavy atom. The molecule has 0 aliphatic heterocycles. The highest BCUT2D eigenvalue weighted by atomic mass is 35.5. The van der Waals surface area contributed by atoms with Crippen LogP contribution in [0, 0.1) is 0 Å². The molecular formula is C17H21ClN2O2S. The molecule has 0 atom stereocenters. The molecule has 4 nitrogen and oxygen atoms in total. The molecular weight excluding hydrogens is 332 g/mol. The first kappa shape index (κ1) is 17.8. The third-order valence-corrected chi connectivity index (χ3v) is 5.32. The zero-order valence-electron chi connectivity index (χ0n) is 13.3. The molecule has 0 heterocycles. The van der Waals surface area contributed by atoms with Crippen LogP contribution in [0.15, 0.2) is 53.4 Å². The van der Waals surface area contributed by atoms with Gasteiger partial charge in [-0.2, -0.15) is 0 Å².